The van der Waals surface area contributed by atoms with Gasteiger partial charge in [0.05, 0.1) is 4.90 Å². The Morgan fingerprint density at radius 1 is 1.41 bits per heavy atom. The maximum atomic E-state index is 13.0. The molecule has 6 nitrogen and oxygen atoms in total. The Labute approximate surface area is 132 Å². The lowest BCUT2D eigenvalue weighted by Gasteiger charge is -2.43. The third-order valence-corrected chi connectivity index (χ3v) is 6.74. The van der Waals surface area contributed by atoms with Crippen LogP contribution in [-0.2, 0) is 14.8 Å². The zero-order chi connectivity index (χ0) is 16.5. The average Bonchev–Trinajstić information content (AvgIpc) is 2.45. The molecule has 1 aromatic rings. The van der Waals surface area contributed by atoms with Gasteiger partial charge in [0.2, 0.25) is 10.0 Å². The first-order valence-corrected chi connectivity index (χ1v) is 8.98. The first-order chi connectivity index (χ1) is 10.2. The second-order valence-electron chi connectivity index (χ2n) is 5.40. The van der Waals surface area contributed by atoms with Crippen molar-refractivity contribution in [3.05, 3.63) is 30.1 Å². The molecule has 1 aliphatic rings. The Morgan fingerprint density at radius 2 is 2.00 bits per heavy atom. The first-order valence-electron chi connectivity index (χ1n) is 6.55. The van der Waals surface area contributed by atoms with Gasteiger partial charge in [-0.3, -0.25) is 10.0 Å². The van der Waals surface area contributed by atoms with E-state index in [2.05, 4.69) is 0 Å². The molecule has 0 aromatic heterocycles. The highest BCUT2D eigenvalue weighted by molar-refractivity contribution is 8.00. The van der Waals surface area contributed by atoms with Crippen molar-refractivity contribution >= 4 is 27.7 Å². The van der Waals surface area contributed by atoms with E-state index in [-0.39, 0.29) is 11.4 Å². The number of rotatable bonds is 3. The van der Waals surface area contributed by atoms with E-state index in [4.69, 9.17) is 5.21 Å². The molecule has 122 valence electrons. The van der Waals surface area contributed by atoms with Gasteiger partial charge in [-0.25, -0.2) is 18.3 Å². The monoisotopic (exact) mass is 348 g/mol. The average molecular weight is 348 g/mol. The van der Waals surface area contributed by atoms with E-state index in [9.17, 15) is 17.6 Å². The van der Waals surface area contributed by atoms with Gasteiger partial charge in [-0.2, -0.15) is 16.1 Å². The fourth-order valence-electron chi connectivity index (χ4n) is 2.46. The highest BCUT2D eigenvalue weighted by Crippen LogP contribution is 2.38. The number of benzene rings is 1. The number of hydroxylamine groups is 1. The van der Waals surface area contributed by atoms with Crippen LogP contribution >= 0.6 is 11.8 Å². The van der Waals surface area contributed by atoms with Crippen LogP contribution < -0.4 is 5.48 Å². The molecule has 2 rings (SSSR count). The molecule has 1 saturated heterocycles. The number of amides is 1. The topological polar surface area (TPSA) is 86.7 Å². The molecule has 22 heavy (non-hydrogen) atoms. The van der Waals surface area contributed by atoms with Gasteiger partial charge in [0.25, 0.3) is 5.91 Å². The molecule has 2 N–H and O–H groups in total. The van der Waals surface area contributed by atoms with Gasteiger partial charge >= 0.3 is 0 Å². The van der Waals surface area contributed by atoms with Crippen LogP contribution in [0.2, 0.25) is 0 Å². The summed E-state index contributed by atoms with van der Waals surface area (Å²) in [6.45, 7) is 3.61. The van der Waals surface area contributed by atoms with Crippen LogP contribution in [0.3, 0.4) is 0 Å². The minimum Gasteiger partial charge on any atom is -0.289 e. The second-order valence-corrected chi connectivity index (χ2v) is 9.04. The largest absolute Gasteiger partial charge is 0.289 e. The summed E-state index contributed by atoms with van der Waals surface area (Å²) in [5.74, 6) is -0.816. The third kappa shape index (κ3) is 3.12. The lowest BCUT2D eigenvalue weighted by Crippen LogP contribution is -2.61. The van der Waals surface area contributed by atoms with Crippen LogP contribution in [0.1, 0.15) is 13.8 Å². The van der Waals surface area contributed by atoms with Gasteiger partial charge in [-0.1, -0.05) is 0 Å². The molecule has 0 saturated carbocycles. The molecule has 1 aliphatic heterocycles. The van der Waals surface area contributed by atoms with Crippen LogP contribution in [0.15, 0.2) is 29.2 Å². The van der Waals surface area contributed by atoms with Gasteiger partial charge in [0, 0.05) is 17.0 Å². The normalized spacial score (nSPS) is 22.3. The summed E-state index contributed by atoms with van der Waals surface area (Å²) >= 11 is 1.45. The van der Waals surface area contributed by atoms with Crippen molar-refractivity contribution < 1.29 is 22.8 Å². The molecular weight excluding hydrogens is 331 g/mol. The standard InChI is InChI=1S/C13H17FN2O4S2/c1-13(2)11(12(17)15-18)16(7-8-21-13)22(19,20)10-5-3-9(14)4-6-10/h3-6,11,18H,7-8H2,1-2H3,(H,15,17)/t11-/m0/s1. The number of halogens is 1. The van der Waals surface area contributed by atoms with Crippen molar-refractivity contribution in [1.29, 1.82) is 0 Å². The minimum absolute atomic E-state index is 0.0904. The van der Waals surface area contributed by atoms with Crippen molar-refractivity contribution in [3.8, 4) is 0 Å². The molecule has 1 atom stereocenters. The van der Waals surface area contributed by atoms with Crippen molar-refractivity contribution in [1.82, 2.24) is 9.79 Å². The van der Waals surface area contributed by atoms with E-state index in [0.717, 1.165) is 28.6 Å². The SMILES string of the molecule is CC1(C)SCCN(S(=O)(=O)c2ccc(F)cc2)[C@H]1C(=O)NO. The summed E-state index contributed by atoms with van der Waals surface area (Å²) in [5.41, 5.74) is 1.53. The number of carbonyl (C=O) groups is 1. The van der Waals surface area contributed by atoms with Crippen molar-refractivity contribution in [2.75, 3.05) is 12.3 Å². The highest BCUT2D eigenvalue weighted by Gasteiger charge is 2.48. The zero-order valence-electron chi connectivity index (χ0n) is 12.1. The summed E-state index contributed by atoms with van der Waals surface area (Å²) in [7, 11) is -3.97. The molecule has 0 spiro atoms. The summed E-state index contributed by atoms with van der Waals surface area (Å²) in [6.07, 6.45) is 0. The molecule has 0 unspecified atom stereocenters. The van der Waals surface area contributed by atoms with Gasteiger partial charge in [-0.15, -0.1) is 0 Å². The van der Waals surface area contributed by atoms with E-state index in [1.54, 1.807) is 13.8 Å². The number of thioether (sulfide) groups is 1. The number of hydrogen-bond donors (Lipinski definition) is 2. The molecule has 9 heteroatoms. The fourth-order valence-corrected chi connectivity index (χ4v) is 5.57. The number of carbonyl (C=O) groups excluding carboxylic acids is 1. The van der Waals surface area contributed by atoms with Crippen molar-refractivity contribution in [3.63, 3.8) is 0 Å². The Hall–Kier alpha value is -1.16. The van der Waals surface area contributed by atoms with E-state index < -0.39 is 32.5 Å². The maximum Gasteiger partial charge on any atom is 0.263 e. The molecule has 1 fully saturated rings. The smallest absolute Gasteiger partial charge is 0.263 e. The molecule has 1 heterocycles. The van der Waals surface area contributed by atoms with Crippen molar-refractivity contribution in [2.45, 2.75) is 29.5 Å². The Bertz CT molecular complexity index is 661. The van der Waals surface area contributed by atoms with Gasteiger partial charge < -0.3 is 0 Å². The Morgan fingerprint density at radius 3 is 2.55 bits per heavy atom. The molecule has 0 bridgehead atoms. The molecular formula is C13H17FN2O4S2. The Kier molecular flexibility index (Phi) is 4.81. The first kappa shape index (κ1) is 17.2. The van der Waals surface area contributed by atoms with Crippen LogP contribution in [0.4, 0.5) is 4.39 Å². The number of nitrogens with zero attached hydrogens (tertiary/aromatic N) is 1. The molecule has 0 radical (unpaired) electrons. The van der Waals surface area contributed by atoms with Crippen molar-refractivity contribution in [2.24, 2.45) is 0 Å². The molecule has 1 amide bonds. The summed E-state index contributed by atoms with van der Waals surface area (Å²) in [4.78, 5) is 11.9. The number of sulfonamides is 1. The third-order valence-electron chi connectivity index (χ3n) is 3.51. The summed E-state index contributed by atoms with van der Waals surface area (Å²) < 4.78 is 38.8. The number of nitrogens with one attached hydrogen (secondary N) is 1. The minimum atomic E-state index is -3.97. The van der Waals surface area contributed by atoms with Crippen LogP contribution in [0, 0.1) is 5.82 Å². The lowest BCUT2D eigenvalue weighted by molar-refractivity contribution is -0.134. The van der Waals surface area contributed by atoms with Crippen LogP contribution in [0.5, 0.6) is 0 Å². The Balaban J connectivity index is 2.47. The zero-order valence-corrected chi connectivity index (χ0v) is 13.7. The highest BCUT2D eigenvalue weighted by atomic mass is 32.2. The van der Waals surface area contributed by atoms with Gasteiger partial charge in [-0.05, 0) is 38.1 Å². The number of hydrogen-bond acceptors (Lipinski definition) is 5. The van der Waals surface area contributed by atoms with Gasteiger partial charge in [0.15, 0.2) is 0 Å². The molecule has 1 aromatic carbocycles. The van der Waals surface area contributed by atoms with E-state index in [1.807, 2.05) is 0 Å². The van der Waals surface area contributed by atoms with E-state index in [1.165, 1.54) is 17.2 Å². The summed E-state index contributed by atoms with van der Waals surface area (Å²) in [6, 6.07) is 3.36. The fraction of sp³-hybridized carbons (Fsp3) is 0.462. The predicted octanol–water partition coefficient (Wildman–Crippen LogP) is 1.22. The summed E-state index contributed by atoms with van der Waals surface area (Å²) in [5, 5.41) is 8.93. The quantitative estimate of drug-likeness (QED) is 0.633. The maximum absolute atomic E-state index is 13.0. The van der Waals surface area contributed by atoms with E-state index >= 15 is 0 Å². The predicted molar refractivity (Wildman–Crippen MR) is 80.5 cm³/mol. The lowest BCUT2D eigenvalue weighted by atomic mass is 10.0. The van der Waals surface area contributed by atoms with E-state index in [0.29, 0.717) is 5.75 Å². The second kappa shape index (κ2) is 6.15. The molecule has 0 aliphatic carbocycles. The van der Waals surface area contributed by atoms with Gasteiger partial charge in [0.1, 0.15) is 11.9 Å². The van der Waals surface area contributed by atoms with Crippen LogP contribution in [-0.4, -0.2) is 46.9 Å². The van der Waals surface area contributed by atoms with Crippen LogP contribution in [0.25, 0.3) is 0 Å².